The molecule has 150 valence electrons. The normalized spacial score (nSPS) is 10.8. The highest BCUT2D eigenvalue weighted by Crippen LogP contribution is 2.28. The number of benzene rings is 2. The minimum atomic E-state index is -0.334. The first-order valence-electron chi connectivity index (χ1n) is 8.87. The van der Waals surface area contributed by atoms with Gasteiger partial charge >= 0.3 is 0 Å². The zero-order valence-corrected chi connectivity index (χ0v) is 16.8. The molecule has 0 heterocycles. The molecule has 0 aromatic heterocycles. The number of carbonyl (C=O) groups excluding carboxylic acids is 1. The third-order valence-electron chi connectivity index (χ3n) is 3.65. The summed E-state index contributed by atoms with van der Waals surface area (Å²) in [4.78, 5) is 17.1. The molecular formula is C21H26N2O5. The molecule has 1 N–H and O–H groups in total. The van der Waals surface area contributed by atoms with E-state index < -0.39 is 0 Å². The van der Waals surface area contributed by atoms with Gasteiger partial charge < -0.3 is 24.4 Å². The van der Waals surface area contributed by atoms with Gasteiger partial charge in [0.25, 0.3) is 5.91 Å². The number of hydrogen-bond acceptors (Lipinski definition) is 6. The number of anilines is 1. The van der Waals surface area contributed by atoms with Crippen molar-refractivity contribution in [3.8, 4) is 17.2 Å². The Morgan fingerprint density at radius 2 is 1.79 bits per heavy atom. The monoisotopic (exact) mass is 386 g/mol. The predicted octanol–water partition coefficient (Wildman–Crippen LogP) is 3.79. The second-order valence-electron chi connectivity index (χ2n) is 6.34. The van der Waals surface area contributed by atoms with E-state index in [0.29, 0.717) is 22.9 Å². The van der Waals surface area contributed by atoms with Gasteiger partial charge in [-0.3, -0.25) is 4.79 Å². The summed E-state index contributed by atoms with van der Waals surface area (Å²) in [6, 6.07) is 10.9. The molecule has 0 unspecified atom stereocenters. The quantitative estimate of drug-likeness (QED) is 0.524. The van der Waals surface area contributed by atoms with Crippen molar-refractivity contribution in [2.45, 2.75) is 26.9 Å². The molecule has 0 bridgehead atoms. The average molecular weight is 386 g/mol. The van der Waals surface area contributed by atoms with E-state index in [-0.39, 0.29) is 18.6 Å². The number of oxime groups is 1. The predicted molar refractivity (Wildman–Crippen MR) is 109 cm³/mol. The van der Waals surface area contributed by atoms with Crippen molar-refractivity contribution in [3.63, 3.8) is 0 Å². The number of nitrogens with one attached hydrogen (secondary N) is 1. The van der Waals surface area contributed by atoms with Gasteiger partial charge in [0.15, 0.2) is 18.1 Å². The molecule has 7 nitrogen and oxygen atoms in total. The Balaban J connectivity index is 1.91. The third kappa shape index (κ3) is 6.19. The van der Waals surface area contributed by atoms with E-state index in [1.165, 1.54) is 6.21 Å². The fourth-order valence-corrected chi connectivity index (χ4v) is 2.42. The van der Waals surface area contributed by atoms with Gasteiger partial charge in [0.1, 0.15) is 5.75 Å². The van der Waals surface area contributed by atoms with Crippen LogP contribution in [0.5, 0.6) is 17.2 Å². The van der Waals surface area contributed by atoms with E-state index in [2.05, 4.69) is 10.5 Å². The largest absolute Gasteiger partial charge is 0.495 e. The molecular weight excluding hydrogens is 360 g/mol. The summed E-state index contributed by atoms with van der Waals surface area (Å²) in [6.07, 6.45) is 1.55. The number of methoxy groups -OCH3 is 2. The average Bonchev–Trinajstić information content (AvgIpc) is 2.66. The molecule has 7 heteroatoms. The molecule has 0 aliphatic carbocycles. The van der Waals surface area contributed by atoms with Gasteiger partial charge in [-0.15, -0.1) is 0 Å². The number of nitrogens with zero attached hydrogens (tertiary/aromatic N) is 1. The lowest BCUT2D eigenvalue weighted by atomic mass is 10.2. The SMILES string of the molecule is COc1ccc(C)cc1NC(=O)CO/N=C\c1ccc(OC(C)C)c(OC)c1. The first-order valence-corrected chi connectivity index (χ1v) is 8.87. The van der Waals surface area contributed by atoms with Gasteiger partial charge in [0.05, 0.1) is 32.2 Å². The van der Waals surface area contributed by atoms with Crippen molar-refractivity contribution in [1.29, 1.82) is 0 Å². The lowest BCUT2D eigenvalue weighted by Crippen LogP contribution is -2.17. The lowest BCUT2D eigenvalue weighted by Gasteiger charge is -2.13. The number of rotatable bonds is 9. The maximum atomic E-state index is 12.0. The molecule has 0 aliphatic rings. The minimum Gasteiger partial charge on any atom is -0.495 e. The van der Waals surface area contributed by atoms with Crippen molar-refractivity contribution in [3.05, 3.63) is 47.5 Å². The summed E-state index contributed by atoms with van der Waals surface area (Å²) in [5.74, 6) is 1.50. The zero-order chi connectivity index (χ0) is 20.5. The van der Waals surface area contributed by atoms with E-state index in [4.69, 9.17) is 19.0 Å². The first kappa shape index (κ1) is 21.1. The van der Waals surface area contributed by atoms with E-state index in [9.17, 15) is 4.79 Å². The van der Waals surface area contributed by atoms with Crippen molar-refractivity contribution < 1.29 is 23.8 Å². The smallest absolute Gasteiger partial charge is 0.265 e. The molecule has 28 heavy (non-hydrogen) atoms. The zero-order valence-electron chi connectivity index (χ0n) is 16.8. The molecule has 0 atom stereocenters. The van der Waals surface area contributed by atoms with Crippen LogP contribution in [-0.2, 0) is 9.63 Å². The molecule has 0 saturated carbocycles. The highest BCUT2D eigenvalue weighted by atomic mass is 16.6. The number of carbonyl (C=O) groups is 1. The lowest BCUT2D eigenvalue weighted by molar-refractivity contribution is -0.120. The van der Waals surface area contributed by atoms with Crippen molar-refractivity contribution in [1.82, 2.24) is 0 Å². The summed E-state index contributed by atoms with van der Waals surface area (Å²) in [5, 5.41) is 6.58. The Hall–Kier alpha value is -3.22. The molecule has 0 radical (unpaired) electrons. The van der Waals surface area contributed by atoms with Gasteiger partial charge in [-0.2, -0.15) is 0 Å². The topological polar surface area (TPSA) is 78.4 Å². The van der Waals surface area contributed by atoms with E-state index in [0.717, 1.165) is 11.1 Å². The fraction of sp³-hybridized carbons (Fsp3) is 0.333. The molecule has 0 aliphatic heterocycles. The van der Waals surface area contributed by atoms with E-state index in [1.54, 1.807) is 32.4 Å². The van der Waals surface area contributed by atoms with Crippen LogP contribution in [0.15, 0.2) is 41.6 Å². The molecule has 1 amide bonds. The van der Waals surface area contributed by atoms with Crippen molar-refractivity contribution in [2.75, 3.05) is 26.1 Å². The Bertz CT molecular complexity index is 834. The second kappa shape index (κ2) is 10.2. The molecule has 0 fully saturated rings. The van der Waals surface area contributed by atoms with Crippen LogP contribution in [0.25, 0.3) is 0 Å². The van der Waals surface area contributed by atoms with Gasteiger partial charge in [-0.1, -0.05) is 11.2 Å². The van der Waals surface area contributed by atoms with Crippen molar-refractivity contribution >= 4 is 17.8 Å². The van der Waals surface area contributed by atoms with Crippen LogP contribution in [0, 0.1) is 6.92 Å². The van der Waals surface area contributed by atoms with Crippen LogP contribution in [0.2, 0.25) is 0 Å². The van der Waals surface area contributed by atoms with Gasteiger partial charge in [-0.25, -0.2) is 0 Å². The molecule has 2 aromatic carbocycles. The maximum Gasteiger partial charge on any atom is 0.265 e. The standard InChI is InChI=1S/C21H26N2O5/c1-14(2)28-19-9-7-16(11-20(19)26-5)12-22-27-13-21(24)23-17-10-15(3)6-8-18(17)25-4/h6-12,14H,13H2,1-5H3,(H,23,24)/b22-12-. The highest BCUT2D eigenvalue weighted by molar-refractivity contribution is 5.93. The van der Waals surface area contributed by atoms with Gasteiger partial charge in [0.2, 0.25) is 0 Å². The first-order chi connectivity index (χ1) is 13.4. The van der Waals surface area contributed by atoms with E-state index >= 15 is 0 Å². The summed E-state index contributed by atoms with van der Waals surface area (Å²) in [5.41, 5.74) is 2.35. The summed E-state index contributed by atoms with van der Waals surface area (Å²) < 4.78 is 16.2. The van der Waals surface area contributed by atoms with Gasteiger partial charge in [0, 0.05) is 5.56 Å². The number of amides is 1. The Kier molecular flexibility index (Phi) is 7.68. The summed E-state index contributed by atoms with van der Waals surface area (Å²) in [7, 11) is 3.12. The molecule has 0 saturated heterocycles. The Morgan fingerprint density at radius 1 is 1.07 bits per heavy atom. The molecule has 2 aromatic rings. The summed E-state index contributed by atoms with van der Waals surface area (Å²) >= 11 is 0. The van der Waals surface area contributed by atoms with Gasteiger partial charge in [-0.05, 0) is 56.7 Å². The third-order valence-corrected chi connectivity index (χ3v) is 3.65. The Labute approximate surface area is 165 Å². The molecule has 2 rings (SSSR count). The molecule has 0 spiro atoms. The fourth-order valence-electron chi connectivity index (χ4n) is 2.42. The number of hydrogen-bond donors (Lipinski definition) is 1. The van der Waals surface area contributed by atoms with Crippen LogP contribution >= 0.6 is 0 Å². The van der Waals surface area contributed by atoms with Crippen LogP contribution in [0.3, 0.4) is 0 Å². The Morgan fingerprint density at radius 3 is 2.46 bits per heavy atom. The second-order valence-corrected chi connectivity index (χ2v) is 6.34. The summed E-state index contributed by atoms with van der Waals surface area (Å²) in [6.45, 7) is 5.60. The van der Waals surface area contributed by atoms with Crippen molar-refractivity contribution in [2.24, 2.45) is 5.16 Å². The maximum absolute atomic E-state index is 12.0. The van der Waals surface area contributed by atoms with Crippen LogP contribution in [0.4, 0.5) is 5.69 Å². The minimum absolute atomic E-state index is 0.0438. The van der Waals surface area contributed by atoms with Crippen LogP contribution in [0.1, 0.15) is 25.0 Å². The van der Waals surface area contributed by atoms with Crippen LogP contribution < -0.4 is 19.5 Å². The highest BCUT2D eigenvalue weighted by Gasteiger charge is 2.09. The van der Waals surface area contributed by atoms with E-state index in [1.807, 2.05) is 39.0 Å². The van der Waals surface area contributed by atoms with Crippen LogP contribution in [-0.4, -0.2) is 39.1 Å². The number of ether oxygens (including phenoxy) is 3. The number of aryl methyl sites for hydroxylation is 1.